The predicted octanol–water partition coefficient (Wildman–Crippen LogP) is 7.14. The van der Waals surface area contributed by atoms with Crippen LogP contribution in [0.15, 0.2) is 11.6 Å². The van der Waals surface area contributed by atoms with Crippen molar-refractivity contribution in [3.05, 3.63) is 11.6 Å². The highest BCUT2D eigenvalue weighted by atomic mass is 16.5. The van der Waals surface area contributed by atoms with Crippen LogP contribution in [0.5, 0.6) is 0 Å². The number of hydrogen-bond donors (Lipinski definition) is 0. The van der Waals surface area contributed by atoms with Gasteiger partial charge in [0, 0.05) is 25.7 Å². The Labute approximate surface area is 196 Å². The average Bonchev–Trinajstić information content (AvgIpc) is 3.05. The predicted molar refractivity (Wildman–Crippen MR) is 129 cm³/mol. The molecule has 0 unspecified atom stereocenters. The highest BCUT2D eigenvalue weighted by Crippen LogP contribution is 2.68. The molecule has 4 rings (SSSR count). The van der Waals surface area contributed by atoms with Gasteiger partial charge in [0.2, 0.25) is 0 Å². The van der Waals surface area contributed by atoms with Crippen LogP contribution in [-0.2, 0) is 14.3 Å². The van der Waals surface area contributed by atoms with Crippen LogP contribution in [0, 0.1) is 46.3 Å². The molecule has 0 amide bonds. The lowest BCUT2D eigenvalue weighted by Gasteiger charge is -2.60. The van der Waals surface area contributed by atoms with Crippen LogP contribution in [0.3, 0.4) is 0 Å². The second-order valence-electron chi connectivity index (χ2n) is 12.7. The molecule has 3 fully saturated rings. The first-order valence-electron chi connectivity index (χ1n) is 13.5. The van der Waals surface area contributed by atoms with E-state index in [1.54, 1.807) is 6.92 Å². The lowest BCUT2D eigenvalue weighted by Crippen LogP contribution is -2.56. The highest BCUT2D eigenvalue weighted by molar-refractivity contribution is 5.91. The molecule has 4 aliphatic rings. The van der Waals surface area contributed by atoms with E-state index in [2.05, 4.69) is 34.6 Å². The zero-order valence-corrected chi connectivity index (χ0v) is 21.4. The van der Waals surface area contributed by atoms with Crippen LogP contribution in [-0.4, -0.2) is 17.9 Å². The van der Waals surface area contributed by atoms with E-state index >= 15 is 0 Å². The molecule has 180 valence electrons. The van der Waals surface area contributed by atoms with Gasteiger partial charge in [0.1, 0.15) is 6.10 Å². The molecule has 0 aromatic heterocycles. The molecule has 0 heterocycles. The molecule has 0 radical (unpaired) electrons. The van der Waals surface area contributed by atoms with Crippen molar-refractivity contribution in [1.29, 1.82) is 0 Å². The van der Waals surface area contributed by atoms with Crippen molar-refractivity contribution in [1.82, 2.24) is 0 Å². The smallest absolute Gasteiger partial charge is 0.302 e. The van der Waals surface area contributed by atoms with Gasteiger partial charge in [0.15, 0.2) is 5.78 Å². The Hall–Kier alpha value is -1.12. The Morgan fingerprint density at radius 3 is 2.53 bits per heavy atom. The molecule has 8 atom stereocenters. The summed E-state index contributed by atoms with van der Waals surface area (Å²) in [4.78, 5) is 24.3. The largest absolute Gasteiger partial charge is 0.462 e. The quantitative estimate of drug-likeness (QED) is 0.411. The Morgan fingerprint density at radius 2 is 1.84 bits per heavy atom. The standard InChI is InChI=1S/C29H46O3/c1-18(2)8-7-9-19(3)23-10-11-24-27-25(13-15-29(23,24)6)28(5)14-12-22(31)16-21(28)17-26(27)32-20(4)30/h16,18-19,23-27H,7-15,17H2,1-6H3/t19-,23-,24+,25+,26+,27+,28+,29-/m1/s1. The summed E-state index contributed by atoms with van der Waals surface area (Å²) < 4.78 is 6.04. The second-order valence-corrected chi connectivity index (χ2v) is 12.7. The minimum absolute atomic E-state index is 0.0534. The second kappa shape index (κ2) is 8.91. The number of ether oxygens (including phenoxy) is 1. The van der Waals surface area contributed by atoms with Gasteiger partial charge in [-0.25, -0.2) is 0 Å². The van der Waals surface area contributed by atoms with E-state index in [9.17, 15) is 9.59 Å². The number of hydrogen-bond acceptors (Lipinski definition) is 3. The van der Waals surface area contributed by atoms with Crippen molar-refractivity contribution in [2.24, 2.45) is 46.3 Å². The van der Waals surface area contributed by atoms with E-state index in [0.29, 0.717) is 29.6 Å². The van der Waals surface area contributed by atoms with E-state index in [-0.39, 0.29) is 23.3 Å². The minimum Gasteiger partial charge on any atom is -0.462 e. The van der Waals surface area contributed by atoms with Crippen LogP contribution < -0.4 is 0 Å². The van der Waals surface area contributed by atoms with E-state index in [1.807, 2.05) is 6.08 Å². The fourth-order valence-electron chi connectivity index (χ4n) is 8.86. The average molecular weight is 443 g/mol. The number of esters is 1. The maximum atomic E-state index is 12.2. The van der Waals surface area contributed by atoms with Crippen LogP contribution >= 0.6 is 0 Å². The molecule has 4 aliphatic carbocycles. The summed E-state index contributed by atoms with van der Waals surface area (Å²) >= 11 is 0. The molecule has 3 saturated carbocycles. The lowest BCUT2D eigenvalue weighted by atomic mass is 9.45. The third-order valence-electron chi connectivity index (χ3n) is 10.5. The third kappa shape index (κ3) is 4.11. The molecule has 0 aliphatic heterocycles. The summed E-state index contributed by atoms with van der Waals surface area (Å²) in [5.74, 6) is 4.07. The summed E-state index contributed by atoms with van der Waals surface area (Å²) in [6, 6.07) is 0. The van der Waals surface area contributed by atoms with Crippen LogP contribution in [0.4, 0.5) is 0 Å². The maximum absolute atomic E-state index is 12.2. The fraction of sp³-hybridized carbons (Fsp3) is 0.862. The Morgan fingerprint density at radius 1 is 1.09 bits per heavy atom. The molecule has 0 aromatic rings. The van der Waals surface area contributed by atoms with Gasteiger partial charge in [-0.2, -0.15) is 0 Å². The van der Waals surface area contributed by atoms with Crippen molar-refractivity contribution in [3.63, 3.8) is 0 Å². The zero-order chi connectivity index (χ0) is 23.3. The van der Waals surface area contributed by atoms with Gasteiger partial charge in [-0.3, -0.25) is 9.59 Å². The van der Waals surface area contributed by atoms with Gasteiger partial charge in [0.05, 0.1) is 0 Å². The molecule has 0 N–H and O–H groups in total. The first kappa shape index (κ1) is 24.0. The highest BCUT2D eigenvalue weighted by Gasteiger charge is 2.62. The first-order valence-corrected chi connectivity index (χ1v) is 13.5. The number of carbonyl (C=O) groups excluding carboxylic acids is 2. The normalized spacial score (nSPS) is 42.0. The number of fused-ring (bicyclic) bond motifs is 5. The van der Waals surface area contributed by atoms with Crippen molar-refractivity contribution in [2.45, 2.75) is 112 Å². The maximum Gasteiger partial charge on any atom is 0.302 e. The third-order valence-corrected chi connectivity index (χ3v) is 10.5. The molecule has 3 heteroatoms. The van der Waals surface area contributed by atoms with Crippen molar-refractivity contribution >= 4 is 11.8 Å². The van der Waals surface area contributed by atoms with E-state index < -0.39 is 0 Å². The summed E-state index contributed by atoms with van der Waals surface area (Å²) in [6.07, 6.45) is 13.4. The number of ketones is 1. The van der Waals surface area contributed by atoms with Crippen molar-refractivity contribution in [2.75, 3.05) is 0 Å². The molecule has 3 nitrogen and oxygen atoms in total. The number of carbonyl (C=O) groups is 2. The summed E-state index contributed by atoms with van der Waals surface area (Å²) in [5.41, 5.74) is 1.73. The van der Waals surface area contributed by atoms with Gasteiger partial charge in [-0.15, -0.1) is 0 Å². The number of rotatable bonds is 6. The molecular formula is C29H46O3. The van der Waals surface area contributed by atoms with Gasteiger partial charge >= 0.3 is 5.97 Å². The minimum atomic E-state index is -0.163. The Bertz CT molecular complexity index is 766. The molecule has 0 saturated heterocycles. The molecule has 0 bridgehead atoms. The van der Waals surface area contributed by atoms with Crippen LogP contribution in [0.2, 0.25) is 0 Å². The Balaban J connectivity index is 1.60. The fourth-order valence-corrected chi connectivity index (χ4v) is 8.86. The molecule has 0 aromatic carbocycles. The van der Waals surface area contributed by atoms with Gasteiger partial charge in [-0.05, 0) is 78.6 Å². The molecule has 0 spiro atoms. The van der Waals surface area contributed by atoms with E-state index in [1.165, 1.54) is 50.5 Å². The van der Waals surface area contributed by atoms with E-state index in [4.69, 9.17) is 4.74 Å². The molecule has 32 heavy (non-hydrogen) atoms. The van der Waals surface area contributed by atoms with Crippen molar-refractivity contribution < 1.29 is 14.3 Å². The van der Waals surface area contributed by atoms with Crippen molar-refractivity contribution in [3.8, 4) is 0 Å². The van der Waals surface area contributed by atoms with Gasteiger partial charge < -0.3 is 4.74 Å². The van der Waals surface area contributed by atoms with Gasteiger partial charge in [-0.1, -0.05) is 59.5 Å². The molecular weight excluding hydrogens is 396 g/mol. The summed E-state index contributed by atoms with van der Waals surface area (Å²) in [7, 11) is 0. The SMILES string of the molecule is CC(=O)O[C@H]1CC2=CC(=O)CC[C@]2(C)[C@H]2CC[C@]3(C)[C@@H]([C@H](C)CCCC(C)C)CC[C@H]3[C@H]12. The topological polar surface area (TPSA) is 43.4 Å². The van der Waals surface area contributed by atoms with E-state index in [0.717, 1.165) is 30.6 Å². The van der Waals surface area contributed by atoms with Crippen LogP contribution in [0.25, 0.3) is 0 Å². The zero-order valence-electron chi connectivity index (χ0n) is 21.4. The summed E-state index contributed by atoms with van der Waals surface area (Å²) in [6.45, 7) is 13.7. The Kier molecular flexibility index (Phi) is 6.69. The van der Waals surface area contributed by atoms with Crippen LogP contribution in [0.1, 0.15) is 106 Å². The first-order chi connectivity index (χ1) is 15.1. The monoisotopic (exact) mass is 442 g/mol. The van der Waals surface area contributed by atoms with Gasteiger partial charge in [0.25, 0.3) is 0 Å². The lowest BCUT2D eigenvalue weighted by molar-refractivity contribution is -0.166. The summed E-state index contributed by atoms with van der Waals surface area (Å²) in [5, 5.41) is 0.